The number of aliphatic hydroxyl groups excluding tert-OH is 2. The van der Waals surface area contributed by atoms with Gasteiger partial charge in [-0.05, 0) is 6.92 Å². The van der Waals surface area contributed by atoms with E-state index in [-0.39, 0.29) is 0 Å². The molecule has 0 bridgehead atoms. The number of carboxylic acids is 1. The molecule has 1 aliphatic heterocycles. The van der Waals surface area contributed by atoms with Crippen LogP contribution < -0.4 is 10.6 Å². The van der Waals surface area contributed by atoms with Crippen molar-refractivity contribution in [1.82, 2.24) is 10.6 Å². The summed E-state index contributed by atoms with van der Waals surface area (Å²) < 4.78 is 5.15. The third-order valence-corrected chi connectivity index (χ3v) is 3.53. The minimum Gasteiger partial charge on any atom is -0.477 e. The molecule has 1 fully saturated rings. The highest BCUT2D eigenvalue weighted by molar-refractivity contribution is 5.76. The molecule has 23 heavy (non-hydrogen) atoms. The number of carbonyl (C=O) groups is 3. The van der Waals surface area contributed by atoms with Crippen LogP contribution >= 0.6 is 0 Å². The Bertz CT molecular complexity index is 465. The SMILES string of the molecule is CC(=O)N[C@H]([C@@H]1OC(O)(C(=O)O)C[C@H](O)[C@H]1NC(C)=O)[C@@H](C)O. The Morgan fingerprint density at radius 3 is 2.22 bits per heavy atom. The maximum absolute atomic E-state index is 11.3. The summed E-state index contributed by atoms with van der Waals surface area (Å²) >= 11 is 0. The Labute approximate surface area is 132 Å². The van der Waals surface area contributed by atoms with Crippen LogP contribution in [0.25, 0.3) is 0 Å². The normalized spacial score (nSPS) is 33.4. The topological polar surface area (TPSA) is 165 Å². The van der Waals surface area contributed by atoms with Gasteiger partial charge < -0.3 is 35.8 Å². The molecule has 6 N–H and O–H groups in total. The summed E-state index contributed by atoms with van der Waals surface area (Å²) in [5.74, 6) is -5.50. The predicted molar refractivity (Wildman–Crippen MR) is 75.0 cm³/mol. The zero-order chi connectivity index (χ0) is 17.9. The molecule has 6 atom stereocenters. The van der Waals surface area contributed by atoms with E-state index < -0.39 is 60.4 Å². The van der Waals surface area contributed by atoms with Crippen molar-refractivity contribution in [2.45, 2.75) is 63.4 Å². The van der Waals surface area contributed by atoms with Crippen LogP contribution in [-0.2, 0) is 19.1 Å². The summed E-state index contributed by atoms with van der Waals surface area (Å²) in [5, 5.41) is 43.8. The van der Waals surface area contributed by atoms with E-state index in [0.717, 1.165) is 0 Å². The molecule has 0 aromatic rings. The maximum atomic E-state index is 11.3. The smallest absolute Gasteiger partial charge is 0.364 e. The number of carboxylic acid groups (broad SMARTS) is 1. The van der Waals surface area contributed by atoms with Crippen molar-refractivity contribution in [2.24, 2.45) is 0 Å². The Morgan fingerprint density at radius 2 is 1.83 bits per heavy atom. The van der Waals surface area contributed by atoms with Crippen molar-refractivity contribution in [3.8, 4) is 0 Å². The number of aliphatic carboxylic acids is 1. The zero-order valence-corrected chi connectivity index (χ0v) is 13.0. The molecule has 1 unspecified atom stereocenters. The van der Waals surface area contributed by atoms with Crippen molar-refractivity contribution in [1.29, 1.82) is 0 Å². The lowest BCUT2D eigenvalue weighted by Crippen LogP contribution is -2.69. The molecular weight excluding hydrogens is 312 g/mol. The lowest BCUT2D eigenvalue weighted by Gasteiger charge is -2.45. The van der Waals surface area contributed by atoms with Crippen molar-refractivity contribution < 1.29 is 39.5 Å². The molecule has 1 heterocycles. The Balaban J connectivity index is 3.21. The van der Waals surface area contributed by atoms with E-state index in [9.17, 15) is 29.7 Å². The number of hydrogen-bond acceptors (Lipinski definition) is 7. The molecule has 0 radical (unpaired) electrons. The first-order chi connectivity index (χ1) is 10.5. The number of rotatable bonds is 5. The van der Waals surface area contributed by atoms with Gasteiger partial charge in [-0.15, -0.1) is 0 Å². The van der Waals surface area contributed by atoms with Crippen molar-refractivity contribution in [3.63, 3.8) is 0 Å². The highest BCUT2D eigenvalue weighted by Crippen LogP contribution is 2.30. The van der Waals surface area contributed by atoms with Crippen LogP contribution in [-0.4, -0.2) is 74.4 Å². The standard InChI is InChI=1S/C13H22N2O8/c1-5(16)9(14-6(2)17)11-10(15-7(3)18)8(19)4-13(22,23-11)12(20)21/h5,8-11,16,19,22H,4H2,1-3H3,(H,14,17)(H,15,18)(H,20,21)/t5-,8+,9+,10-,11+,13?/m1/s1. The van der Waals surface area contributed by atoms with E-state index in [1.807, 2.05) is 0 Å². The molecule has 10 heteroatoms. The predicted octanol–water partition coefficient (Wildman–Crippen LogP) is -2.70. The quantitative estimate of drug-likeness (QED) is 0.316. The number of nitrogens with one attached hydrogen (secondary N) is 2. The molecule has 132 valence electrons. The van der Waals surface area contributed by atoms with Gasteiger partial charge in [-0.1, -0.05) is 0 Å². The van der Waals surface area contributed by atoms with Crippen LogP contribution in [0.1, 0.15) is 27.2 Å². The summed E-state index contributed by atoms with van der Waals surface area (Å²) in [6.07, 6.45) is -4.72. The largest absolute Gasteiger partial charge is 0.477 e. The summed E-state index contributed by atoms with van der Waals surface area (Å²) in [4.78, 5) is 33.8. The molecule has 1 saturated heterocycles. The number of carbonyl (C=O) groups excluding carboxylic acids is 2. The fraction of sp³-hybridized carbons (Fsp3) is 0.769. The van der Waals surface area contributed by atoms with Gasteiger partial charge in [-0.25, -0.2) is 4.79 Å². The van der Waals surface area contributed by atoms with E-state index in [1.165, 1.54) is 20.8 Å². The number of aliphatic hydroxyl groups is 3. The summed E-state index contributed by atoms with van der Waals surface area (Å²) in [7, 11) is 0. The summed E-state index contributed by atoms with van der Waals surface area (Å²) in [5.41, 5.74) is 0. The van der Waals surface area contributed by atoms with Crippen LogP contribution in [0.4, 0.5) is 0 Å². The van der Waals surface area contributed by atoms with Crippen LogP contribution in [0.15, 0.2) is 0 Å². The lowest BCUT2D eigenvalue weighted by molar-refractivity contribution is -0.283. The monoisotopic (exact) mass is 334 g/mol. The second-order valence-corrected chi connectivity index (χ2v) is 5.64. The highest BCUT2D eigenvalue weighted by atomic mass is 16.7. The van der Waals surface area contributed by atoms with Gasteiger partial charge in [0.15, 0.2) is 0 Å². The fourth-order valence-electron chi connectivity index (χ4n) is 2.54. The molecule has 0 spiro atoms. The van der Waals surface area contributed by atoms with Crippen LogP contribution in [0.5, 0.6) is 0 Å². The van der Waals surface area contributed by atoms with Gasteiger partial charge in [0.2, 0.25) is 11.8 Å². The molecular formula is C13H22N2O8. The summed E-state index contributed by atoms with van der Waals surface area (Å²) in [6, 6.07) is -2.29. The van der Waals surface area contributed by atoms with E-state index in [1.54, 1.807) is 0 Å². The van der Waals surface area contributed by atoms with Gasteiger partial charge in [-0.3, -0.25) is 9.59 Å². The van der Waals surface area contributed by atoms with Gasteiger partial charge in [0.25, 0.3) is 5.79 Å². The molecule has 0 aromatic heterocycles. The van der Waals surface area contributed by atoms with Crippen molar-refractivity contribution in [3.05, 3.63) is 0 Å². The van der Waals surface area contributed by atoms with Crippen LogP contribution in [0, 0.1) is 0 Å². The molecule has 0 aliphatic carbocycles. The third-order valence-electron chi connectivity index (χ3n) is 3.53. The molecule has 10 nitrogen and oxygen atoms in total. The minimum absolute atomic E-state index is 0.532. The molecule has 1 aliphatic rings. The van der Waals surface area contributed by atoms with Gasteiger partial charge in [0.05, 0.1) is 24.3 Å². The fourth-order valence-corrected chi connectivity index (χ4v) is 2.54. The molecule has 2 amide bonds. The minimum atomic E-state index is -2.70. The Morgan fingerprint density at radius 1 is 1.26 bits per heavy atom. The molecule has 1 rings (SSSR count). The first-order valence-electron chi connectivity index (χ1n) is 7.02. The second kappa shape index (κ2) is 7.21. The van der Waals surface area contributed by atoms with Gasteiger partial charge in [-0.2, -0.15) is 0 Å². The van der Waals surface area contributed by atoms with E-state index in [0.29, 0.717) is 0 Å². The van der Waals surface area contributed by atoms with E-state index in [2.05, 4.69) is 10.6 Å². The Hall–Kier alpha value is -1.75. The first kappa shape index (κ1) is 19.3. The third kappa shape index (κ3) is 4.61. The summed E-state index contributed by atoms with van der Waals surface area (Å²) in [6.45, 7) is 3.67. The lowest BCUT2D eigenvalue weighted by atomic mass is 9.87. The first-order valence-corrected chi connectivity index (χ1v) is 7.02. The number of amides is 2. The van der Waals surface area contributed by atoms with Crippen LogP contribution in [0.2, 0.25) is 0 Å². The molecule has 0 aromatic carbocycles. The second-order valence-electron chi connectivity index (χ2n) is 5.64. The zero-order valence-electron chi connectivity index (χ0n) is 13.0. The van der Waals surface area contributed by atoms with E-state index >= 15 is 0 Å². The highest BCUT2D eigenvalue weighted by Gasteiger charge is 2.53. The maximum Gasteiger partial charge on any atom is 0.364 e. The number of hydrogen-bond donors (Lipinski definition) is 6. The van der Waals surface area contributed by atoms with Gasteiger partial charge in [0, 0.05) is 20.3 Å². The average Bonchev–Trinajstić information content (AvgIpc) is 2.38. The van der Waals surface area contributed by atoms with Crippen LogP contribution in [0.3, 0.4) is 0 Å². The Kier molecular flexibility index (Phi) is 6.05. The molecule has 0 saturated carbocycles. The van der Waals surface area contributed by atoms with Crippen molar-refractivity contribution in [2.75, 3.05) is 0 Å². The van der Waals surface area contributed by atoms with Crippen molar-refractivity contribution >= 4 is 17.8 Å². The average molecular weight is 334 g/mol. The van der Waals surface area contributed by atoms with E-state index in [4.69, 9.17) is 9.84 Å². The van der Waals surface area contributed by atoms with Gasteiger partial charge in [0.1, 0.15) is 6.10 Å². The number of ether oxygens (including phenoxy) is 1. The van der Waals surface area contributed by atoms with Gasteiger partial charge >= 0.3 is 5.97 Å².